The van der Waals surface area contributed by atoms with Gasteiger partial charge in [0.1, 0.15) is 12.3 Å². The number of para-hydroxylation sites is 1. The first-order valence-corrected chi connectivity index (χ1v) is 12.8. The first-order valence-electron chi connectivity index (χ1n) is 11.4. The number of anilines is 1. The summed E-state index contributed by atoms with van der Waals surface area (Å²) in [6, 6.07) is 21.2. The highest BCUT2D eigenvalue weighted by molar-refractivity contribution is 7.92. The van der Waals surface area contributed by atoms with Crippen molar-refractivity contribution in [2.24, 2.45) is 0 Å². The van der Waals surface area contributed by atoms with Crippen LogP contribution in [0, 0.1) is 6.92 Å². The van der Waals surface area contributed by atoms with Gasteiger partial charge in [-0.2, -0.15) is 0 Å². The summed E-state index contributed by atoms with van der Waals surface area (Å²) in [7, 11) is -2.36. The second kappa shape index (κ2) is 11.2. The van der Waals surface area contributed by atoms with E-state index in [0.29, 0.717) is 18.5 Å². The molecular weight excluding hydrogens is 448 g/mol. The Morgan fingerprint density at radius 2 is 1.62 bits per heavy atom. The molecule has 0 radical (unpaired) electrons. The van der Waals surface area contributed by atoms with Gasteiger partial charge in [0.05, 0.1) is 23.7 Å². The number of benzene rings is 3. The molecule has 0 fully saturated rings. The molecular formula is C27H32N2O4S. The molecule has 0 aliphatic carbocycles. The number of hydrogen-bond acceptors (Lipinski definition) is 4. The second-order valence-corrected chi connectivity index (χ2v) is 9.97. The zero-order chi connectivity index (χ0) is 24.7. The molecule has 0 saturated heterocycles. The molecule has 0 bridgehead atoms. The van der Waals surface area contributed by atoms with E-state index in [1.807, 2.05) is 57.2 Å². The quantitative estimate of drug-likeness (QED) is 0.442. The van der Waals surface area contributed by atoms with Crippen molar-refractivity contribution in [2.45, 2.75) is 44.6 Å². The van der Waals surface area contributed by atoms with Gasteiger partial charge in [0.25, 0.3) is 10.0 Å². The summed E-state index contributed by atoms with van der Waals surface area (Å²) in [6.07, 6.45) is 1.30. The molecule has 3 aromatic rings. The summed E-state index contributed by atoms with van der Waals surface area (Å²) in [5.74, 6) is 0.362. The Hall–Kier alpha value is -3.32. The molecule has 0 spiro atoms. The van der Waals surface area contributed by atoms with Crippen molar-refractivity contribution in [3.05, 3.63) is 89.5 Å². The SMILES string of the molecule is CCc1ccccc1N(CC(=O)NC(CC)c1ccc(OC)cc1)S(=O)(=O)c1ccc(C)cc1. The van der Waals surface area contributed by atoms with Crippen molar-refractivity contribution in [1.82, 2.24) is 5.32 Å². The Bertz CT molecular complexity index is 1210. The van der Waals surface area contributed by atoms with Crippen LogP contribution in [0.15, 0.2) is 77.7 Å². The van der Waals surface area contributed by atoms with Crippen molar-refractivity contribution in [3.63, 3.8) is 0 Å². The van der Waals surface area contributed by atoms with Crippen LogP contribution in [0.4, 0.5) is 5.69 Å². The van der Waals surface area contributed by atoms with E-state index in [9.17, 15) is 13.2 Å². The van der Waals surface area contributed by atoms with Crippen LogP contribution in [0.3, 0.4) is 0 Å². The number of nitrogens with zero attached hydrogens (tertiary/aromatic N) is 1. The Kier molecular flexibility index (Phi) is 8.34. The van der Waals surface area contributed by atoms with E-state index < -0.39 is 10.0 Å². The maximum absolute atomic E-state index is 13.7. The fourth-order valence-corrected chi connectivity index (χ4v) is 5.28. The lowest BCUT2D eigenvalue weighted by Crippen LogP contribution is -2.42. The molecule has 34 heavy (non-hydrogen) atoms. The van der Waals surface area contributed by atoms with Gasteiger partial charge in [-0.25, -0.2) is 8.42 Å². The number of hydrogen-bond donors (Lipinski definition) is 1. The number of rotatable bonds is 10. The van der Waals surface area contributed by atoms with E-state index in [0.717, 1.165) is 22.4 Å². The fraction of sp³-hybridized carbons (Fsp3) is 0.296. The predicted octanol–water partition coefficient (Wildman–Crippen LogP) is 5.03. The maximum atomic E-state index is 13.7. The number of amides is 1. The molecule has 1 unspecified atom stereocenters. The minimum atomic E-state index is -3.96. The van der Waals surface area contributed by atoms with Crippen LogP contribution >= 0.6 is 0 Å². The Labute approximate surface area is 202 Å². The minimum Gasteiger partial charge on any atom is -0.497 e. The summed E-state index contributed by atoms with van der Waals surface area (Å²) in [4.78, 5) is 13.3. The molecule has 0 saturated carbocycles. The summed E-state index contributed by atoms with van der Waals surface area (Å²) < 4.78 is 33.8. The molecule has 3 aromatic carbocycles. The molecule has 180 valence electrons. The van der Waals surface area contributed by atoms with Gasteiger partial charge >= 0.3 is 0 Å². The topological polar surface area (TPSA) is 75.7 Å². The summed E-state index contributed by atoms with van der Waals surface area (Å²) >= 11 is 0. The lowest BCUT2D eigenvalue weighted by Gasteiger charge is -2.27. The Morgan fingerprint density at radius 1 is 0.971 bits per heavy atom. The van der Waals surface area contributed by atoms with E-state index in [1.54, 1.807) is 43.5 Å². The third kappa shape index (κ3) is 5.78. The third-order valence-corrected chi connectivity index (χ3v) is 7.57. The monoisotopic (exact) mass is 480 g/mol. The molecule has 0 aliphatic rings. The van der Waals surface area contributed by atoms with Gasteiger partial charge in [-0.05, 0) is 61.2 Å². The zero-order valence-electron chi connectivity index (χ0n) is 20.1. The van der Waals surface area contributed by atoms with Gasteiger partial charge < -0.3 is 10.1 Å². The van der Waals surface area contributed by atoms with E-state index in [2.05, 4.69) is 5.32 Å². The second-order valence-electron chi connectivity index (χ2n) is 8.11. The normalized spacial score (nSPS) is 12.1. The van der Waals surface area contributed by atoms with Crippen molar-refractivity contribution in [2.75, 3.05) is 18.0 Å². The van der Waals surface area contributed by atoms with Crippen LogP contribution in [-0.4, -0.2) is 28.0 Å². The number of methoxy groups -OCH3 is 1. The first-order chi connectivity index (χ1) is 16.3. The number of carbonyl (C=O) groups excluding carboxylic acids is 1. The smallest absolute Gasteiger partial charge is 0.264 e. The number of carbonyl (C=O) groups is 1. The highest BCUT2D eigenvalue weighted by atomic mass is 32.2. The largest absolute Gasteiger partial charge is 0.497 e. The molecule has 0 heterocycles. The van der Waals surface area contributed by atoms with E-state index in [4.69, 9.17) is 4.74 Å². The third-order valence-electron chi connectivity index (χ3n) is 5.80. The number of nitrogens with one attached hydrogen (secondary N) is 1. The van der Waals surface area contributed by atoms with Crippen molar-refractivity contribution < 1.29 is 17.9 Å². The van der Waals surface area contributed by atoms with Gasteiger partial charge in [-0.1, -0.05) is 61.9 Å². The lowest BCUT2D eigenvalue weighted by atomic mass is 10.0. The Balaban J connectivity index is 1.93. The molecule has 1 N–H and O–H groups in total. The van der Waals surface area contributed by atoms with E-state index in [-0.39, 0.29) is 23.4 Å². The maximum Gasteiger partial charge on any atom is 0.264 e. The highest BCUT2D eigenvalue weighted by Gasteiger charge is 2.29. The summed E-state index contributed by atoms with van der Waals surface area (Å²) in [5, 5.41) is 3.00. The van der Waals surface area contributed by atoms with Crippen molar-refractivity contribution in [1.29, 1.82) is 0 Å². The fourth-order valence-electron chi connectivity index (χ4n) is 3.82. The number of sulfonamides is 1. The van der Waals surface area contributed by atoms with Crippen LogP contribution in [0.25, 0.3) is 0 Å². The molecule has 1 amide bonds. The highest BCUT2D eigenvalue weighted by Crippen LogP contribution is 2.28. The Morgan fingerprint density at radius 3 is 2.21 bits per heavy atom. The standard InChI is InChI=1S/C27H32N2O4S/c1-5-21-9-7-8-10-26(21)29(34(31,32)24-17-11-20(3)12-18-24)19-27(30)28-25(6-2)22-13-15-23(33-4)16-14-22/h7-18,25H,5-6,19H2,1-4H3,(H,28,30). The number of ether oxygens (including phenoxy) is 1. The minimum absolute atomic E-state index is 0.152. The predicted molar refractivity (Wildman–Crippen MR) is 136 cm³/mol. The van der Waals surface area contributed by atoms with Gasteiger partial charge in [-0.15, -0.1) is 0 Å². The van der Waals surface area contributed by atoms with Gasteiger partial charge in [-0.3, -0.25) is 9.10 Å². The van der Waals surface area contributed by atoms with Gasteiger partial charge in [0, 0.05) is 0 Å². The average Bonchev–Trinajstić information content (AvgIpc) is 2.86. The van der Waals surface area contributed by atoms with Crippen LogP contribution in [0.2, 0.25) is 0 Å². The molecule has 0 aliphatic heterocycles. The molecule has 1 atom stereocenters. The van der Waals surface area contributed by atoms with Crippen LogP contribution < -0.4 is 14.4 Å². The van der Waals surface area contributed by atoms with Crippen molar-refractivity contribution >= 4 is 21.6 Å². The lowest BCUT2D eigenvalue weighted by molar-refractivity contribution is -0.120. The molecule has 0 aromatic heterocycles. The number of aryl methyl sites for hydroxylation is 2. The van der Waals surface area contributed by atoms with E-state index in [1.165, 1.54) is 4.31 Å². The molecule has 3 rings (SSSR count). The average molecular weight is 481 g/mol. The summed E-state index contributed by atoms with van der Waals surface area (Å²) in [6.45, 7) is 5.52. The molecule has 7 heteroatoms. The van der Waals surface area contributed by atoms with Crippen molar-refractivity contribution in [3.8, 4) is 5.75 Å². The van der Waals surface area contributed by atoms with Crippen LogP contribution in [0.1, 0.15) is 43.0 Å². The molecule has 6 nitrogen and oxygen atoms in total. The van der Waals surface area contributed by atoms with Gasteiger partial charge in [0.2, 0.25) is 5.91 Å². The summed E-state index contributed by atoms with van der Waals surface area (Å²) in [5.41, 5.74) is 3.26. The van der Waals surface area contributed by atoms with E-state index >= 15 is 0 Å². The van der Waals surface area contributed by atoms with Crippen LogP contribution in [0.5, 0.6) is 5.75 Å². The van der Waals surface area contributed by atoms with Gasteiger partial charge in [0.15, 0.2) is 0 Å². The van der Waals surface area contributed by atoms with Crippen LogP contribution in [-0.2, 0) is 21.2 Å². The zero-order valence-corrected chi connectivity index (χ0v) is 20.9. The first kappa shape index (κ1) is 25.3.